The fraction of sp³-hybridized carbons (Fsp3) is 0.435. The number of benzene rings is 2. The molecular formula is C23H29ClN2O3S. The van der Waals surface area contributed by atoms with Crippen LogP contribution in [-0.2, 0) is 21.2 Å². The van der Waals surface area contributed by atoms with Crippen molar-refractivity contribution in [2.75, 3.05) is 23.7 Å². The van der Waals surface area contributed by atoms with E-state index >= 15 is 0 Å². The maximum Gasteiger partial charge on any atom is 0.246 e. The van der Waals surface area contributed by atoms with Crippen molar-refractivity contribution in [1.82, 2.24) is 4.90 Å². The third-order valence-electron chi connectivity index (χ3n) is 5.67. The molecule has 0 N–H and O–H groups in total. The second-order valence-electron chi connectivity index (χ2n) is 7.92. The van der Waals surface area contributed by atoms with E-state index in [0.29, 0.717) is 36.1 Å². The number of anilines is 1. The normalized spacial score (nSPS) is 16.3. The molecule has 7 heteroatoms. The molecule has 3 rings (SSSR count). The van der Waals surface area contributed by atoms with Gasteiger partial charge in [0.1, 0.15) is 6.04 Å². The zero-order chi connectivity index (χ0) is 21.7. The van der Waals surface area contributed by atoms with Crippen molar-refractivity contribution < 1.29 is 13.2 Å². The van der Waals surface area contributed by atoms with Gasteiger partial charge in [0, 0.05) is 18.1 Å². The molecule has 0 saturated carbocycles. The molecule has 0 aromatic heterocycles. The first-order chi connectivity index (χ1) is 14.3. The number of amides is 1. The van der Waals surface area contributed by atoms with Gasteiger partial charge in [0.15, 0.2) is 0 Å². The number of likely N-dealkylation sites (tertiary alicyclic amines) is 1. The number of nitrogens with zero attached hydrogens (tertiary/aromatic N) is 2. The van der Waals surface area contributed by atoms with Gasteiger partial charge in [-0.2, -0.15) is 0 Å². The van der Waals surface area contributed by atoms with Crippen LogP contribution in [0, 0.1) is 5.92 Å². The van der Waals surface area contributed by atoms with Gasteiger partial charge in [-0.3, -0.25) is 9.10 Å². The highest BCUT2D eigenvalue weighted by molar-refractivity contribution is 7.92. The van der Waals surface area contributed by atoms with Crippen molar-refractivity contribution >= 4 is 33.2 Å². The standard InChI is InChI=1S/C23H29ClN2O3S/c1-3-22(26(30(2,28)29)21-11-7-10-20(24)17-21)23(27)25-14-12-19(13-15-25)16-18-8-5-4-6-9-18/h4-11,17,19,22H,3,12-16H2,1-2H3/t22-/m0/s1. The minimum atomic E-state index is -3.65. The smallest absolute Gasteiger partial charge is 0.246 e. The molecule has 162 valence electrons. The number of carbonyl (C=O) groups excluding carboxylic acids is 1. The number of hydrogen-bond donors (Lipinski definition) is 0. The van der Waals surface area contributed by atoms with Crippen molar-refractivity contribution in [3.63, 3.8) is 0 Å². The second-order valence-corrected chi connectivity index (χ2v) is 10.2. The summed E-state index contributed by atoms with van der Waals surface area (Å²) >= 11 is 6.08. The van der Waals surface area contributed by atoms with Crippen LogP contribution in [-0.4, -0.2) is 44.6 Å². The van der Waals surface area contributed by atoms with Crippen LogP contribution in [0.15, 0.2) is 54.6 Å². The van der Waals surface area contributed by atoms with Gasteiger partial charge < -0.3 is 4.90 Å². The van der Waals surface area contributed by atoms with Crippen LogP contribution in [0.2, 0.25) is 5.02 Å². The highest BCUT2D eigenvalue weighted by Crippen LogP contribution is 2.28. The molecule has 0 bridgehead atoms. The van der Waals surface area contributed by atoms with Gasteiger partial charge in [0.25, 0.3) is 0 Å². The molecular weight excluding hydrogens is 420 g/mol. The van der Waals surface area contributed by atoms with Crippen LogP contribution >= 0.6 is 11.6 Å². The van der Waals surface area contributed by atoms with E-state index in [0.717, 1.165) is 25.5 Å². The van der Waals surface area contributed by atoms with Crippen LogP contribution in [0.5, 0.6) is 0 Å². The van der Waals surface area contributed by atoms with E-state index < -0.39 is 16.1 Å². The molecule has 30 heavy (non-hydrogen) atoms. The third-order valence-corrected chi connectivity index (χ3v) is 7.08. The maximum atomic E-state index is 13.3. The number of hydrogen-bond acceptors (Lipinski definition) is 3. The third kappa shape index (κ3) is 5.55. The van der Waals surface area contributed by atoms with E-state index in [1.165, 1.54) is 9.87 Å². The molecule has 1 heterocycles. The number of rotatable bonds is 7. The molecule has 0 aliphatic carbocycles. The van der Waals surface area contributed by atoms with E-state index in [2.05, 4.69) is 24.3 Å². The predicted octanol–water partition coefficient (Wildman–Crippen LogP) is 4.37. The largest absolute Gasteiger partial charge is 0.341 e. The SMILES string of the molecule is CC[C@@H](C(=O)N1CCC(Cc2ccccc2)CC1)N(c1cccc(Cl)c1)S(C)(=O)=O. The minimum Gasteiger partial charge on any atom is -0.341 e. The molecule has 2 aromatic carbocycles. The Balaban J connectivity index is 1.72. The van der Waals surface area contributed by atoms with E-state index in [9.17, 15) is 13.2 Å². The van der Waals surface area contributed by atoms with Gasteiger partial charge in [0.2, 0.25) is 15.9 Å². The molecule has 1 fully saturated rings. The van der Waals surface area contributed by atoms with Crippen LogP contribution in [0.4, 0.5) is 5.69 Å². The first kappa shape index (κ1) is 22.6. The van der Waals surface area contributed by atoms with Crippen LogP contribution < -0.4 is 4.31 Å². The Bertz CT molecular complexity index is 957. The van der Waals surface area contributed by atoms with E-state index in [-0.39, 0.29) is 5.91 Å². The van der Waals surface area contributed by atoms with Crippen molar-refractivity contribution in [1.29, 1.82) is 0 Å². The Morgan fingerprint density at radius 1 is 1.13 bits per heavy atom. The molecule has 1 atom stereocenters. The van der Waals surface area contributed by atoms with Gasteiger partial charge in [-0.05, 0) is 55.4 Å². The Kier molecular flexibility index (Phi) is 7.42. The lowest BCUT2D eigenvalue weighted by atomic mass is 9.90. The lowest BCUT2D eigenvalue weighted by Gasteiger charge is -2.37. The summed E-state index contributed by atoms with van der Waals surface area (Å²) in [5.41, 5.74) is 1.74. The fourth-order valence-corrected chi connectivity index (χ4v) is 5.55. The highest BCUT2D eigenvalue weighted by atomic mass is 35.5. The minimum absolute atomic E-state index is 0.138. The number of carbonyl (C=O) groups is 1. The summed E-state index contributed by atoms with van der Waals surface area (Å²) in [5.74, 6) is 0.400. The number of sulfonamides is 1. The Hall–Kier alpha value is -2.05. The monoisotopic (exact) mass is 448 g/mol. The van der Waals surface area contributed by atoms with E-state index in [1.807, 2.05) is 17.9 Å². The van der Waals surface area contributed by atoms with Gasteiger partial charge in [-0.25, -0.2) is 8.42 Å². The average Bonchev–Trinajstić information content (AvgIpc) is 2.72. The number of halogens is 1. The topological polar surface area (TPSA) is 57.7 Å². The van der Waals surface area contributed by atoms with Crippen molar-refractivity contribution in [2.45, 2.75) is 38.6 Å². The maximum absolute atomic E-state index is 13.3. The Morgan fingerprint density at radius 2 is 1.80 bits per heavy atom. The van der Waals surface area contributed by atoms with Gasteiger partial charge in [-0.15, -0.1) is 0 Å². The van der Waals surface area contributed by atoms with Gasteiger partial charge in [0.05, 0.1) is 11.9 Å². The van der Waals surface area contributed by atoms with Crippen molar-refractivity contribution in [3.8, 4) is 0 Å². The molecule has 1 amide bonds. The van der Waals surface area contributed by atoms with E-state index in [1.54, 1.807) is 24.3 Å². The highest BCUT2D eigenvalue weighted by Gasteiger charge is 2.35. The fourth-order valence-electron chi connectivity index (χ4n) is 4.17. The van der Waals surface area contributed by atoms with Crippen molar-refractivity contribution in [3.05, 3.63) is 65.2 Å². The van der Waals surface area contributed by atoms with Crippen LogP contribution in [0.25, 0.3) is 0 Å². The first-order valence-electron chi connectivity index (χ1n) is 10.4. The zero-order valence-electron chi connectivity index (χ0n) is 17.5. The van der Waals surface area contributed by atoms with Crippen molar-refractivity contribution in [2.24, 2.45) is 5.92 Å². The first-order valence-corrected chi connectivity index (χ1v) is 12.6. The van der Waals surface area contributed by atoms with E-state index in [4.69, 9.17) is 11.6 Å². The lowest BCUT2D eigenvalue weighted by Crippen LogP contribution is -2.52. The summed E-state index contributed by atoms with van der Waals surface area (Å²) in [4.78, 5) is 15.1. The molecule has 0 unspecified atom stereocenters. The Labute approximate surface area is 184 Å². The number of piperidine rings is 1. The Morgan fingerprint density at radius 3 is 2.37 bits per heavy atom. The zero-order valence-corrected chi connectivity index (χ0v) is 19.1. The summed E-state index contributed by atoms with van der Waals surface area (Å²) in [6.45, 7) is 3.15. The second kappa shape index (κ2) is 9.84. The molecule has 1 aliphatic heterocycles. The average molecular weight is 449 g/mol. The quantitative estimate of drug-likeness (QED) is 0.632. The lowest BCUT2D eigenvalue weighted by molar-refractivity contribution is -0.133. The molecule has 1 saturated heterocycles. The summed E-state index contributed by atoms with van der Waals surface area (Å²) in [7, 11) is -3.65. The molecule has 1 aliphatic rings. The van der Waals surface area contributed by atoms with Crippen LogP contribution in [0.1, 0.15) is 31.7 Å². The van der Waals surface area contributed by atoms with Crippen LogP contribution in [0.3, 0.4) is 0 Å². The molecule has 5 nitrogen and oxygen atoms in total. The molecule has 2 aromatic rings. The summed E-state index contributed by atoms with van der Waals surface area (Å²) in [6.07, 6.45) is 4.39. The van der Waals surface area contributed by atoms with Gasteiger partial charge >= 0.3 is 0 Å². The molecule has 0 radical (unpaired) electrons. The van der Waals surface area contributed by atoms with Gasteiger partial charge in [-0.1, -0.05) is 54.9 Å². The summed E-state index contributed by atoms with van der Waals surface area (Å²) < 4.78 is 26.4. The predicted molar refractivity (Wildman–Crippen MR) is 122 cm³/mol. The summed E-state index contributed by atoms with van der Waals surface area (Å²) in [5, 5.41) is 0.435. The summed E-state index contributed by atoms with van der Waals surface area (Å²) in [6, 6.07) is 16.3. The molecule has 0 spiro atoms.